The lowest BCUT2D eigenvalue weighted by Crippen LogP contribution is -2.54. The van der Waals surface area contributed by atoms with Gasteiger partial charge in [-0.05, 0) is 49.9 Å². The number of hydrogen-bond donors (Lipinski definition) is 2. The van der Waals surface area contributed by atoms with Gasteiger partial charge in [-0.1, -0.05) is 46.5 Å². The van der Waals surface area contributed by atoms with Crippen LogP contribution in [0.1, 0.15) is 78.6 Å². The number of nitrogens with two attached hydrogens (primary N) is 1. The third kappa shape index (κ3) is 3.06. The molecule has 3 N–H and O–H groups in total. The Balaban J connectivity index is 2.11. The molecule has 20 heavy (non-hydrogen) atoms. The summed E-state index contributed by atoms with van der Waals surface area (Å²) in [6.45, 7) is 7.67. The minimum Gasteiger partial charge on any atom is -0.389 e. The van der Waals surface area contributed by atoms with E-state index >= 15 is 0 Å². The molecule has 118 valence electrons. The number of aliphatic hydroxyl groups is 1. The minimum atomic E-state index is -0.495. The Morgan fingerprint density at radius 3 is 2.25 bits per heavy atom. The van der Waals surface area contributed by atoms with E-state index in [-0.39, 0.29) is 5.41 Å². The molecule has 0 aromatic rings. The Morgan fingerprint density at radius 1 is 1.05 bits per heavy atom. The van der Waals surface area contributed by atoms with Gasteiger partial charge in [-0.25, -0.2) is 0 Å². The molecule has 0 saturated heterocycles. The second kappa shape index (κ2) is 6.36. The molecule has 2 unspecified atom stereocenters. The van der Waals surface area contributed by atoms with Gasteiger partial charge in [0, 0.05) is 12.0 Å². The first kappa shape index (κ1) is 16.3. The van der Waals surface area contributed by atoms with Gasteiger partial charge in [-0.3, -0.25) is 0 Å². The lowest BCUT2D eigenvalue weighted by Gasteiger charge is -2.50. The van der Waals surface area contributed by atoms with Crippen LogP contribution in [0.15, 0.2) is 0 Å². The monoisotopic (exact) mass is 281 g/mol. The highest BCUT2D eigenvalue weighted by Gasteiger charge is 2.50. The van der Waals surface area contributed by atoms with E-state index in [4.69, 9.17) is 5.73 Å². The maximum atomic E-state index is 11.4. The zero-order valence-electron chi connectivity index (χ0n) is 13.8. The van der Waals surface area contributed by atoms with Crippen LogP contribution in [0.4, 0.5) is 0 Å². The summed E-state index contributed by atoms with van der Waals surface area (Å²) in [4.78, 5) is 0. The lowest BCUT2D eigenvalue weighted by atomic mass is 9.59. The molecule has 0 radical (unpaired) electrons. The second-order valence-electron chi connectivity index (χ2n) is 8.13. The Hall–Kier alpha value is -0.0800. The summed E-state index contributed by atoms with van der Waals surface area (Å²) in [5.74, 6) is 2.35. The van der Waals surface area contributed by atoms with Gasteiger partial charge in [0.15, 0.2) is 0 Å². The molecule has 0 aromatic heterocycles. The van der Waals surface area contributed by atoms with E-state index in [2.05, 4.69) is 20.8 Å². The molecule has 2 heteroatoms. The van der Waals surface area contributed by atoms with Gasteiger partial charge in [-0.2, -0.15) is 0 Å². The predicted molar refractivity (Wildman–Crippen MR) is 85.5 cm³/mol. The molecule has 2 aliphatic rings. The summed E-state index contributed by atoms with van der Waals surface area (Å²) in [7, 11) is 0. The maximum Gasteiger partial charge on any atom is 0.0715 e. The van der Waals surface area contributed by atoms with Gasteiger partial charge in [0.25, 0.3) is 0 Å². The number of rotatable bonds is 3. The highest BCUT2D eigenvalue weighted by atomic mass is 16.3. The fourth-order valence-electron chi connectivity index (χ4n) is 4.72. The van der Waals surface area contributed by atoms with Crippen molar-refractivity contribution < 1.29 is 5.11 Å². The molecule has 0 bridgehead atoms. The maximum absolute atomic E-state index is 11.4. The van der Waals surface area contributed by atoms with Crippen molar-refractivity contribution in [3.05, 3.63) is 0 Å². The minimum absolute atomic E-state index is 0.00534. The summed E-state index contributed by atoms with van der Waals surface area (Å²) in [6.07, 6.45) is 10.4. The molecule has 2 nitrogen and oxygen atoms in total. The van der Waals surface area contributed by atoms with Crippen molar-refractivity contribution in [3.63, 3.8) is 0 Å². The normalized spacial score (nSPS) is 43.5. The van der Waals surface area contributed by atoms with Gasteiger partial charge in [0.05, 0.1) is 5.60 Å². The Morgan fingerprint density at radius 2 is 1.70 bits per heavy atom. The summed E-state index contributed by atoms with van der Waals surface area (Å²) in [5, 5.41) is 11.4. The van der Waals surface area contributed by atoms with Crippen LogP contribution in [-0.4, -0.2) is 17.3 Å². The van der Waals surface area contributed by atoms with E-state index in [1.807, 2.05) is 0 Å². The van der Waals surface area contributed by atoms with Crippen molar-refractivity contribution in [2.45, 2.75) is 84.2 Å². The predicted octanol–water partition coefficient (Wildman–Crippen LogP) is 4.11. The zero-order valence-corrected chi connectivity index (χ0v) is 13.8. The Kier molecular flexibility index (Phi) is 5.18. The van der Waals surface area contributed by atoms with Crippen LogP contribution >= 0.6 is 0 Å². The standard InChI is InChI=1S/C18H35NO/c1-14(2)16-5-4-9-18(20,12-8-16)17(13-19)10-6-15(3)7-11-17/h14-16,20H,4-13,19H2,1-3H3. The Labute approximate surface area is 125 Å². The Bertz CT molecular complexity index is 307. The van der Waals surface area contributed by atoms with Crippen molar-refractivity contribution >= 4 is 0 Å². The molecule has 0 amide bonds. The van der Waals surface area contributed by atoms with Crippen molar-refractivity contribution in [3.8, 4) is 0 Å². The molecule has 0 spiro atoms. The molecule has 2 atom stereocenters. The average molecular weight is 281 g/mol. The van der Waals surface area contributed by atoms with Gasteiger partial charge >= 0.3 is 0 Å². The smallest absolute Gasteiger partial charge is 0.0715 e. The molecular formula is C18H35NO. The van der Waals surface area contributed by atoms with Gasteiger partial charge < -0.3 is 10.8 Å². The van der Waals surface area contributed by atoms with Crippen LogP contribution in [0.5, 0.6) is 0 Å². The molecule has 2 saturated carbocycles. The third-order valence-electron chi connectivity index (χ3n) is 6.65. The van der Waals surface area contributed by atoms with Crippen molar-refractivity contribution in [2.24, 2.45) is 28.9 Å². The first-order valence-corrected chi connectivity index (χ1v) is 8.85. The molecule has 0 heterocycles. The first-order chi connectivity index (χ1) is 9.42. The van der Waals surface area contributed by atoms with E-state index in [0.29, 0.717) is 6.54 Å². The van der Waals surface area contributed by atoms with Crippen molar-refractivity contribution in [2.75, 3.05) is 6.54 Å². The topological polar surface area (TPSA) is 46.2 Å². The first-order valence-electron chi connectivity index (χ1n) is 8.85. The van der Waals surface area contributed by atoms with E-state index in [9.17, 15) is 5.11 Å². The fraction of sp³-hybridized carbons (Fsp3) is 1.00. The van der Waals surface area contributed by atoms with E-state index in [1.54, 1.807) is 0 Å². The largest absolute Gasteiger partial charge is 0.389 e. The summed E-state index contributed by atoms with van der Waals surface area (Å²) < 4.78 is 0. The summed E-state index contributed by atoms with van der Waals surface area (Å²) in [6, 6.07) is 0. The van der Waals surface area contributed by atoms with Crippen LogP contribution in [0, 0.1) is 23.2 Å². The molecular weight excluding hydrogens is 246 g/mol. The molecule has 2 aliphatic carbocycles. The molecule has 2 rings (SSSR count). The van der Waals surface area contributed by atoms with Crippen LogP contribution in [-0.2, 0) is 0 Å². The zero-order chi connectivity index (χ0) is 14.8. The molecule has 0 aromatic carbocycles. The van der Waals surface area contributed by atoms with Crippen LogP contribution < -0.4 is 5.73 Å². The van der Waals surface area contributed by atoms with E-state index in [0.717, 1.165) is 43.4 Å². The fourth-order valence-corrected chi connectivity index (χ4v) is 4.72. The van der Waals surface area contributed by atoms with Gasteiger partial charge in [-0.15, -0.1) is 0 Å². The van der Waals surface area contributed by atoms with Crippen LogP contribution in [0.2, 0.25) is 0 Å². The van der Waals surface area contributed by atoms with Crippen molar-refractivity contribution in [1.29, 1.82) is 0 Å². The van der Waals surface area contributed by atoms with Crippen LogP contribution in [0.25, 0.3) is 0 Å². The van der Waals surface area contributed by atoms with Gasteiger partial charge in [0.2, 0.25) is 0 Å². The highest BCUT2D eigenvalue weighted by molar-refractivity contribution is 5.02. The van der Waals surface area contributed by atoms with Crippen molar-refractivity contribution in [1.82, 2.24) is 0 Å². The van der Waals surface area contributed by atoms with Crippen LogP contribution in [0.3, 0.4) is 0 Å². The summed E-state index contributed by atoms with van der Waals surface area (Å²) in [5.41, 5.74) is 5.70. The second-order valence-corrected chi connectivity index (χ2v) is 8.13. The third-order valence-corrected chi connectivity index (χ3v) is 6.65. The quantitative estimate of drug-likeness (QED) is 0.765. The van der Waals surface area contributed by atoms with E-state index in [1.165, 1.54) is 32.1 Å². The highest BCUT2D eigenvalue weighted by Crippen LogP contribution is 2.51. The summed E-state index contributed by atoms with van der Waals surface area (Å²) >= 11 is 0. The van der Waals surface area contributed by atoms with E-state index < -0.39 is 5.60 Å². The molecule has 0 aliphatic heterocycles. The SMILES string of the molecule is CC1CCC(CN)(C2(O)CCCC(C(C)C)CC2)CC1. The number of hydrogen-bond acceptors (Lipinski definition) is 2. The molecule has 2 fully saturated rings. The lowest BCUT2D eigenvalue weighted by molar-refractivity contribution is -0.114. The van der Waals surface area contributed by atoms with Gasteiger partial charge in [0.1, 0.15) is 0 Å². The average Bonchev–Trinajstić information content (AvgIpc) is 2.63.